The van der Waals surface area contributed by atoms with Gasteiger partial charge in [-0.15, -0.1) is 10.2 Å². The Kier molecular flexibility index (Phi) is 3.33. The standard InChI is InChI=1S/C12H16N3/c1-2-3-4-5-7-10-8-6-9-11-12(10)14-15-13-11/h6,8-9H,2-5,7H2,1H3. The first-order valence-corrected chi connectivity index (χ1v) is 5.65. The summed E-state index contributed by atoms with van der Waals surface area (Å²) >= 11 is 0. The molecule has 0 aromatic heterocycles. The summed E-state index contributed by atoms with van der Waals surface area (Å²) in [5.74, 6) is 0. The molecule has 79 valence electrons. The van der Waals surface area contributed by atoms with Crippen molar-refractivity contribution in [2.75, 3.05) is 0 Å². The van der Waals surface area contributed by atoms with Gasteiger partial charge in [0.1, 0.15) is 10.7 Å². The largest absolute Gasteiger partial charge is 0.128 e. The Morgan fingerprint density at radius 2 is 2.00 bits per heavy atom. The third kappa shape index (κ3) is 2.35. The summed E-state index contributed by atoms with van der Waals surface area (Å²) in [6.07, 6.45) is 6.23. The van der Waals surface area contributed by atoms with Crippen molar-refractivity contribution in [1.82, 2.24) is 5.53 Å². The van der Waals surface area contributed by atoms with Crippen molar-refractivity contribution in [3.63, 3.8) is 0 Å². The lowest BCUT2D eigenvalue weighted by Crippen LogP contribution is -2.25. The van der Waals surface area contributed by atoms with Gasteiger partial charge in [0.15, 0.2) is 0 Å². The molecule has 1 aliphatic heterocycles. The van der Waals surface area contributed by atoms with Crippen LogP contribution in [0.4, 0.5) is 0 Å². The molecule has 0 atom stereocenters. The Hall–Kier alpha value is -1.38. The van der Waals surface area contributed by atoms with Gasteiger partial charge in [-0.3, -0.25) is 0 Å². The Bertz CT molecular complexity index is 437. The third-order valence-corrected chi connectivity index (χ3v) is 2.70. The molecule has 0 saturated heterocycles. The molecule has 0 unspecified atom stereocenters. The molecule has 2 rings (SSSR count). The van der Waals surface area contributed by atoms with Gasteiger partial charge in [0.25, 0.3) is 0 Å². The second kappa shape index (κ2) is 4.91. The number of benzene rings is 1. The smallest absolute Gasteiger partial charge is 0.118 e. The SMILES string of the molecule is CCCCCCc1cccc2c1=N[N]N=2. The molecule has 15 heavy (non-hydrogen) atoms. The zero-order valence-corrected chi connectivity index (χ0v) is 9.11. The molecule has 0 bridgehead atoms. The highest BCUT2D eigenvalue weighted by molar-refractivity contribution is 5.15. The quantitative estimate of drug-likeness (QED) is 0.649. The second-order valence-electron chi connectivity index (χ2n) is 3.88. The lowest BCUT2D eigenvalue weighted by molar-refractivity contribution is 0.664. The maximum atomic E-state index is 4.06. The topological polar surface area (TPSA) is 38.8 Å². The zero-order chi connectivity index (χ0) is 10.5. The van der Waals surface area contributed by atoms with Crippen molar-refractivity contribution in [1.29, 1.82) is 0 Å². The number of aryl methyl sites for hydroxylation is 1. The molecule has 1 aliphatic rings. The Balaban J connectivity index is 2.05. The predicted octanol–water partition coefficient (Wildman–Crippen LogP) is 1.50. The highest BCUT2D eigenvalue weighted by Crippen LogP contribution is 2.03. The van der Waals surface area contributed by atoms with Crippen LogP contribution >= 0.6 is 0 Å². The molecule has 3 nitrogen and oxygen atoms in total. The highest BCUT2D eigenvalue weighted by Gasteiger charge is 2.03. The summed E-state index contributed by atoms with van der Waals surface area (Å²) < 4.78 is 0. The third-order valence-electron chi connectivity index (χ3n) is 2.70. The van der Waals surface area contributed by atoms with E-state index in [0.29, 0.717) is 0 Å². The van der Waals surface area contributed by atoms with Gasteiger partial charge in [0.2, 0.25) is 0 Å². The molecule has 1 aromatic carbocycles. The van der Waals surface area contributed by atoms with E-state index in [1.54, 1.807) is 0 Å². The molecule has 1 aromatic rings. The Morgan fingerprint density at radius 1 is 1.07 bits per heavy atom. The molecular weight excluding hydrogens is 186 g/mol. The summed E-state index contributed by atoms with van der Waals surface area (Å²) in [7, 11) is 0. The van der Waals surface area contributed by atoms with Crippen molar-refractivity contribution in [2.24, 2.45) is 10.2 Å². The van der Waals surface area contributed by atoms with Crippen molar-refractivity contribution >= 4 is 0 Å². The summed E-state index contributed by atoms with van der Waals surface area (Å²) in [5.41, 5.74) is 4.99. The second-order valence-corrected chi connectivity index (χ2v) is 3.88. The maximum Gasteiger partial charge on any atom is 0.118 e. The molecule has 0 fully saturated rings. The van der Waals surface area contributed by atoms with Crippen molar-refractivity contribution in [2.45, 2.75) is 39.0 Å². The number of fused-ring (bicyclic) bond motifs is 1. The maximum absolute atomic E-state index is 4.06. The van der Waals surface area contributed by atoms with Gasteiger partial charge in [-0.05, 0) is 30.0 Å². The fourth-order valence-corrected chi connectivity index (χ4v) is 1.83. The summed E-state index contributed by atoms with van der Waals surface area (Å²) in [5, 5.41) is 9.92. The van der Waals surface area contributed by atoms with Crippen LogP contribution in [0.3, 0.4) is 0 Å². The summed E-state index contributed by atoms with van der Waals surface area (Å²) in [6.45, 7) is 2.23. The number of hydrogen-bond donors (Lipinski definition) is 0. The summed E-state index contributed by atoms with van der Waals surface area (Å²) in [6, 6.07) is 6.13. The molecule has 0 amide bonds. The Morgan fingerprint density at radius 3 is 2.87 bits per heavy atom. The van der Waals surface area contributed by atoms with Crippen LogP contribution in [0.15, 0.2) is 28.4 Å². The van der Waals surface area contributed by atoms with Crippen LogP contribution in [0.5, 0.6) is 0 Å². The molecular formula is C12H16N3. The molecule has 3 heteroatoms. The molecule has 0 spiro atoms. The van der Waals surface area contributed by atoms with Crippen molar-refractivity contribution in [3.05, 3.63) is 34.5 Å². The first kappa shape index (κ1) is 10.1. The van der Waals surface area contributed by atoms with Crippen molar-refractivity contribution in [3.8, 4) is 0 Å². The van der Waals surface area contributed by atoms with E-state index >= 15 is 0 Å². The first-order valence-electron chi connectivity index (χ1n) is 5.65. The number of rotatable bonds is 5. The molecule has 0 N–H and O–H groups in total. The monoisotopic (exact) mass is 202 g/mol. The van der Waals surface area contributed by atoms with E-state index in [4.69, 9.17) is 0 Å². The highest BCUT2D eigenvalue weighted by atomic mass is 15.5. The fraction of sp³-hybridized carbons (Fsp3) is 0.500. The van der Waals surface area contributed by atoms with E-state index in [-0.39, 0.29) is 0 Å². The van der Waals surface area contributed by atoms with Crippen LogP contribution in [0.1, 0.15) is 38.2 Å². The van der Waals surface area contributed by atoms with Gasteiger partial charge in [-0.25, -0.2) is 0 Å². The van der Waals surface area contributed by atoms with Crippen molar-refractivity contribution < 1.29 is 0 Å². The minimum absolute atomic E-state index is 0.919. The van der Waals surface area contributed by atoms with E-state index in [0.717, 1.165) is 17.1 Å². The van der Waals surface area contributed by atoms with Crippen LogP contribution in [-0.4, -0.2) is 0 Å². The van der Waals surface area contributed by atoms with Crippen LogP contribution in [0.25, 0.3) is 0 Å². The number of nitrogens with zero attached hydrogens (tertiary/aromatic N) is 3. The average Bonchev–Trinajstić information content (AvgIpc) is 2.73. The lowest BCUT2D eigenvalue weighted by Gasteiger charge is -1.99. The van der Waals surface area contributed by atoms with E-state index in [9.17, 15) is 0 Å². The van der Waals surface area contributed by atoms with Crippen LogP contribution in [-0.2, 0) is 6.42 Å². The van der Waals surface area contributed by atoms with Gasteiger partial charge in [-0.1, -0.05) is 38.3 Å². The molecule has 0 saturated carbocycles. The molecule has 1 heterocycles. The van der Waals surface area contributed by atoms with E-state index < -0.39 is 0 Å². The fourth-order valence-electron chi connectivity index (χ4n) is 1.83. The van der Waals surface area contributed by atoms with Crippen LogP contribution in [0, 0.1) is 0 Å². The normalized spacial score (nSPS) is 12.6. The summed E-state index contributed by atoms with van der Waals surface area (Å²) in [4.78, 5) is 0. The lowest BCUT2D eigenvalue weighted by atomic mass is 10.1. The van der Waals surface area contributed by atoms with Gasteiger partial charge in [0.05, 0.1) is 0 Å². The average molecular weight is 202 g/mol. The zero-order valence-electron chi connectivity index (χ0n) is 9.11. The van der Waals surface area contributed by atoms with Gasteiger partial charge >= 0.3 is 0 Å². The van der Waals surface area contributed by atoms with E-state index in [1.807, 2.05) is 12.1 Å². The van der Waals surface area contributed by atoms with Crippen LogP contribution < -0.4 is 16.2 Å². The van der Waals surface area contributed by atoms with Gasteiger partial charge < -0.3 is 0 Å². The van der Waals surface area contributed by atoms with Crippen LogP contribution in [0.2, 0.25) is 0 Å². The van der Waals surface area contributed by atoms with E-state index in [1.165, 1.54) is 31.2 Å². The minimum atomic E-state index is 0.919. The van der Waals surface area contributed by atoms with E-state index in [2.05, 4.69) is 28.7 Å². The number of unbranched alkanes of at least 4 members (excludes halogenated alkanes) is 3. The molecule has 0 aliphatic carbocycles. The van der Waals surface area contributed by atoms with Gasteiger partial charge in [-0.2, -0.15) is 0 Å². The minimum Gasteiger partial charge on any atom is -0.128 e. The Labute approximate surface area is 89.9 Å². The molecule has 1 radical (unpaired) electrons. The first-order chi connectivity index (χ1) is 7.42. The van der Waals surface area contributed by atoms with Gasteiger partial charge in [0, 0.05) is 0 Å². The predicted molar refractivity (Wildman–Crippen MR) is 58.7 cm³/mol. The number of hydrogen-bond acceptors (Lipinski definition) is 2.